The van der Waals surface area contributed by atoms with E-state index >= 15 is 0 Å². The lowest BCUT2D eigenvalue weighted by Gasteiger charge is -2.23. The summed E-state index contributed by atoms with van der Waals surface area (Å²) in [4.78, 5) is 13.3. The average molecular weight is 483 g/mol. The van der Waals surface area contributed by atoms with Crippen molar-refractivity contribution in [3.63, 3.8) is 0 Å². The van der Waals surface area contributed by atoms with Crippen molar-refractivity contribution in [2.45, 2.75) is 5.33 Å². The predicted octanol–water partition coefficient (Wildman–Crippen LogP) is 6.06. The molecule has 0 saturated carbocycles. The summed E-state index contributed by atoms with van der Waals surface area (Å²) in [5, 5.41) is 0.577. The van der Waals surface area contributed by atoms with Crippen LogP contribution in [0.1, 0.15) is 21.5 Å². The van der Waals surface area contributed by atoms with Crippen molar-refractivity contribution in [2.24, 2.45) is 0 Å². The molecule has 3 aromatic carbocycles. The molecule has 0 saturated heterocycles. The highest BCUT2D eigenvalue weighted by Gasteiger charge is 2.27. The summed E-state index contributed by atoms with van der Waals surface area (Å²) < 4.78 is 30.1. The summed E-state index contributed by atoms with van der Waals surface area (Å²) in [6, 6.07) is 15.4. The third-order valence-electron chi connectivity index (χ3n) is 5.08. The minimum Gasteiger partial charge on any atom is -0.497 e. The van der Waals surface area contributed by atoms with Crippen molar-refractivity contribution in [2.75, 3.05) is 20.8 Å². The number of rotatable bonds is 5. The molecule has 31 heavy (non-hydrogen) atoms. The number of carbonyl (C=O) groups excluding carboxylic acids is 1. The fourth-order valence-corrected chi connectivity index (χ4v) is 3.87. The van der Waals surface area contributed by atoms with Crippen molar-refractivity contribution in [3.05, 3.63) is 82.7 Å². The molecule has 0 spiro atoms. The quantitative estimate of drug-likeness (QED) is 0.327. The lowest BCUT2D eigenvalue weighted by Crippen LogP contribution is -2.20. The largest absolute Gasteiger partial charge is 0.497 e. The second-order valence-corrected chi connectivity index (χ2v) is 7.65. The van der Waals surface area contributed by atoms with Crippen molar-refractivity contribution in [1.82, 2.24) is 0 Å². The molecule has 158 valence electrons. The maximum absolute atomic E-state index is 13.4. The highest BCUT2D eigenvalue weighted by molar-refractivity contribution is 9.08. The van der Waals surface area contributed by atoms with Gasteiger partial charge in [0.1, 0.15) is 29.7 Å². The molecule has 3 aromatic rings. The van der Waals surface area contributed by atoms with Crippen LogP contribution in [-0.4, -0.2) is 26.6 Å². The van der Waals surface area contributed by atoms with Crippen LogP contribution in [-0.2, 0) is 5.33 Å². The van der Waals surface area contributed by atoms with Crippen LogP contribution < -0.4 is 14.2 Å². The van der Waals surface area contributed by atoms with Gasteiger partial charge in [0.05, 0.1) is 19.8 Å². The van der Waals surface area contributed by atoms with E-state index in [1.165, 1.54) is 12.1 Å². The van der Waals surface area contributed by atoms with Gasteiger partial charge < -0.3 is 14.2 Å². The number of ether oxygens (including phenoxy) is 3. The lowest BCUT2D eigenvalue weighted by atomic mass is 9.92. The van der Waals surface area contributed by atoms with Crippen molar-refractivity contribution < 1.29 is 23.4 Å². The van der Waals surface area contributed by atoms with E-state index in [2.05, 4.69) is 15.9 Å². The number of halogens is 2. The van der Waals surface area contributed by atoms with Crippen LogP contribution in [0.15, 0.2) is 60.2 Å². The Morgan fingerprint density at radius 1 is 1.00 bits per heavy atom. The highest BCUT2D eigenvalue weighted by Crippen LogP contribution is 2.39. The van der Waals surface area contributed by atoms with Gasteiger partial charge in [-0.25, -0.2) is 4.39 Å². The van der Waals surface area contributed by atoms with Gasteiger partial charge in [-0.15, -0.1) is 0 Å². The van der Waals surface area contributed by atoms with E-state index in [1.807, 2.05) is 24.3 Å². The Hall–Kier alpha value is -3.12. The Morgan fingerprint density at radius 3 is 2.26 bits per heavy atom. The first-order valence-corrected chi connectivity index (χ1v) is 10.7. The number of methoxy groups -OCH3 is 2. The Balaban J connectivity index is 1.78. The van der Waals surface area contributed by atoms with Gasteiger partial charge >= 0.3 is 0 Å². The molecule has 1 aliphatic heterocycles. The molecule has 0 amide bonds. The monoisotopic (exact) mass is 482 g/mol. The van der Waals surface area contributed by atoms with Crippen molar-refractivity contribution in [1.29, 1.82) is 0 Å². The maximum Gasteiger partial charge on any atom is 0.196 e. The van der Waals surface area contributed by atoms with Crippen LogP contribution in [0, 0.1) is 5.82 Å². The number of carbonyl (C=O) groups is 1. The van der Waals surface area contributed by atoms with Crippen LogP contribution in [0.4, 0.5) is 4.39 Å². The highest BCUT2D eigenvalue weighted by atomic mass is 79.9. The van der Waals surface area contributed by atoms with E-state index in [0.717, 1.165) is 22.3 Å². The molecule has 4 nitrogen and oxygen atoms in total. The molecule has 1 heterocycles. The standard InChI is InChI=1S/C25H20BrFO4/c1-29-20-8-15(9-21(12-20)30-2)7-18-14-31-25-22(17-3-5-19(27)6-4-17)10-16(13-26)11-23(25)24(18)28/h3-12H,13-14H2,1-2H3/b18-7+. The Bertz CT molecular complexity index is 1150. The zero-order chi connectivity index (χ0) is 22.0. The fraction of sp³-hybridized carbons (Fsp3) is 0.160. The normalized spacial score (nSPS) is 14.2. The molecule has 0 bridgehead atoms. The van der Waals surface area contributed by atoms with E-state index in [0.29, 0.717) is 33.7 Å². The number of benzene rings is 3. The van der Waals surface area contributed by atoms with Crippen LogP contribution in [0.25, 0.3) is 17.2 Å². The van der Waals surface area contributed by atoms with Gasteiger partial charge in [0.25, 0.3) is 0 Å². The summed E-state index contributed by atoms with van der Waals surface area (Å²) in [7, 11) is 3.16. The van der Waals surface area contributed by atoms with E-state index in [9.17, 15) is 9.18 Å². The van der Waals surface area contributed by atoms with Gasteiger partial charge in [0.2, 0.25) is 0 Å². The van der Waals surface area contributed by atoms with Gasteiger partial charge in [-0.05, 0) is 59.2 Å². The summed E-state index contributed by atoms with van der Waals surface area (Å²) in [6.45, 7) is 0.132. The van der Waals surface area contributed by atoms with Gasteiger partial charge in [0.15, 0.2) is 5.78 Å². The second-order valence-electron chi connectivity index (χ2n) is 7.09. The molecule has 0 atom stereocenters. The topological polar surface area (TPSA) is 44.8 Å². The first-order chi connectivity index (χ1) is 15.0. The molecular weight excluding hydrogens is 463 g/mol. The molecular formula is C25H20BrFO4. The Labute approximate surface area is 188 Å². The van der Waals surface area contributed by atoms with Crippen LogP contribution in [0.2, 0.25) is 0 Å². The van der Waals surface area contributed by atoms with E-state index < -0.39 is 0 Å². The van der Waals surface area contributed by atoms with Crippen LogP contribution in [0.3, 0.4) is 0 Å². The van der Waals surface area contributed by atoms with Gasteiger partial charge in [-0.2, -0.15) is 0 Å². The number of alkyl halides is 1. The van der Waals surface area contributed by atoms with Gasteiger partial charge in [-0.1, -0.05) is 28.1 Å². The smallest absolute Gasteiger partial charge is 0.196 e. The zero-order valence-electron chi connectivity index (χ0n) is 17.1. The minimum absolute atomic E-state index is 0.103. The van der Waals surface area contributed by atoms with Crippen LogP contribution >= 0.6 is 15.9 Å². The molecule has 0 aromatic heterocycles. The average Bonchev–Trinajstić information content (AvgIpc) is 2.80. The number of ketones is 1. The third-order valence-corrected chi connectivity index (χ3v) is 5.73. The molecule has 0 N–H and O–H groups in total. The third kappa shape index (κ3) is 4.35. The van der Waals surface area contributed by atoms with Crippen LogP contribution in [0.5, 0.6) is 17.2 Å². The summed E-state index contributed by atoms with van der Waals surface area (Å²) in [5.74, 6) is 1.37. The number of Topliss-reactive ketones (excluding diaryl/α,β-unsaturated/α-hetero) is 1. The molecule has 1 aliphatic rings. The van der Waals surface area contributed by atoms with Crippen molar-refractivity contribution in [3.8, 4) is 28.4 Å². The van der Waals surface area contributed by atoms with E-state index in [-0.39, 0.29) is 18.2 Å². The zero-order valence-corrected chi connectivity index (χ0v) is 18.7. The van der Waals surface area contributed by atoms with Gasteiger partial charge in [0, 0.05) is 22.5 Å². The first kappa shape index (κ1) is 21.1. The second kappa shape index (κ2) is 8.94. The molecule has 0 aliphatic carbocycles. The predicted molar refractivity (Wildman–Crippen MR) is 122 cm³/mol. The summed E-state index contributed by atoms with van der Waals surface area (Å²) >= 11 is 3.47. The maximum atomic E-state index is 13.4. The minimum atomic E-state index is -0.315. The SMILES string of the molecule is COc1cc(/C=C2\COc3c(cc(CBr)cc3-c3ccc(F)cc3)C2=O)cc(OC)c1. The molecule has 0 fully saturated rings. The molecule has 6 heteroatoms. The number of hydrogen-bond acceptors (Lipinski definition) is 4. The molecule has 4 rings (SSSR count). The Kier molecular flexibility index (Phi) is 6.09. The van der Waals surface area contributed by atoms with E-state index in [1.54, 1.807) is 38.5 Å². The summed E-state index contributed by atoms with van der Waals surface area (Å²) in [5.41, 5.74) is 4.28. The van der Waals surface area contributed by atoms with Crippen molar-refractivity contribution >= 4 is 27.8 Å². The van der Waals surface area contributed by atoms with E-state index in [4.69, 9.17) is 14.2 Å². The first-order valence-electron chi connectivity index (χ1n) is 9.62. The molecule has 0 radical (unpaired) electrons. The number of hydrogen-bond donors (Lipinski definition) is 0. The Morgan fingerprint density at radius 2 is 1.65 bits per heavy atom. The number of fused-ring (bicyclic) bond motifs is 1. The molecule has 0 unspecified atom stereocenters. The van der Waals surface area contributed by atoms with Gasteiger partial charge in [-0.3, -0.25) is 4.79 Å². The lowest BCUT2D eigenvalue weighted by molar-refractivity contribution is 0.100. The summed E-state index contributed by atoms with van der Waals surface area (Å²) in [6.07, 6.45) is 1.79. The fourth-order valence-electron chi connectivity index (χ4n) is 3.54.